The van der Waals surface area contributed by atoms with Crippen LogP contribution >= 0.6 is 0 Å². The summed E-state index contributed by atoms with van der Waals surface area (Å²) in [5.74, 6) is 1.24. The summed E-state index contributed by atoms with van der Waals surface area (Å²) in [6, 6.07) is 5.60. The Hall–Kier alpha value is -2.33. The van der Waals surface area contributed by atoms with E-state index in [4.69, 9.17) is 10.00 Å². The normalized spacial score (nSPS) is 21.1. The van der Waals surface area contributed by atoms with Gasteiger partial charge in [0.15, 0.2) is 0 Å². The summed E-state index contributed by atoms with van der Waals surface area (Å²) in [5.41, 5.74) is 0.606. The second-order valence-electron chi connectivity index (χ2n) is 5.90. The molecule has 0 bridgehead atoms. The number of urea groups is 1. The van der Waals surface area contributed by atoms with Crippen LogP contribution in [0.1, 0.15) is 12.0 Å². The van der Waals surface area contributed by atoms with Gasteiger partial charge in [-0.2, -0.15) is 5.26 Å². The number of ether oxygens (including phenoxy) is 1. The highest BCUT2D eigenvalue weighted by atomic mass is 16.5. The van der Waals surface area contributed by atoms with Gasteiger partial charge < -0.3 is 19.9 Å². The molecular weight excluding hydrogens is 294 g/mol. The molecule has 23 heavy (non-hydrogen) atoms. The van der Waals surface area contributed by atoms with Crippen molar-refractivity contribution in [1.82, 2.24) is 15.2 Å². The summed E-state index contributed by atoms with van der Waals surface area (Å²) in [5, 5.41) is 12.0. The van der Waals surface area contributed by atoms with Crippen molar-refractivity contribution in [1.29, 1.82) is 5.26 Å². The van der Waals surface area contributed by atoms with Crippen LogP contribution in [0.2, 0.25) is 0 Å². The molecule has 0 aliphatic carbocycles. The van der Waals surface area contributed by atoms with Gasteiger partial charge in [-0.05, 0) is 18.6 Å². The van der Waals surface area contributed by atoms with Gasteiger partial charge in [0, 0.05) is 51.4 Å². The van der Waals surface area contributed by atoms with Gasteiger partial charge in [0.1, 0.15) is 5.82 Å². The van der Waals surface area contributed by atoms with Gasteiger partial charge >= 0.3 is 6.03 Å². The number of aromatic nitrogens is 1. The molecule has 1 atom stereocenters. The summed E-state index contributed by atoms with van der Waals surface area (Å²) in [6.07, 6.45) is 2.67. The second kappa shape index (κ2) is 7.29. The third-order valence-electron chi connectivity index (χ3n) is 4.33. The molecule has 0 radical (unpaired) electrons. The first-order valence-corrected chi connectivity index (χ1v) is 7.98. The lowest BCUT2D eigenvalue weighted by Gasteiger charge is -2.35. The smallest absolute Gasteiger partial charge is 0.317 e. The number of hydrogen-bond acceptors (Lipinski definition) is 5. The molecule has 2 saturated heterocycles. The van der Waals surface area contributed by atoms with Crippen molar-refractivity contribution < 1.29 is 9.53 Å². The minimum Gasteiger partial charge on any atom is -0.381 e. The molecule has 2 fully saturated rings. The molecule has 2 aliphatic heterocycles. The molecule has 2 amide bonds. The second-order valence-corrected chi connectivity index (χ2v) is 5.90. The van der Waals surface area contributed by atoms with Gasteiger partial charge in [0.05, 0.1) is 18.2 Å². The van der Waals surface area contributed by atoms with E-state index in [9.17, 15) is 4.79 Å². The fourth-order valence-corrected chi connectivity index (χ4v) is 2.89. The molecule has 1 aromatic heterocycles. The van der Waals surface area contributed by atoms with Crippen LogP contribution in [0.4, 0.5) is 10.6 Å². The predicted molar refractivity (Wildman–Crippen MR) is 85.1 cm³/mol. The topological polar surface area (TPSA) is 81.5 Å². The van der Waals surface area contributed by atoms with Crippen molar-refractivity contribution >= 4 is 11.8 Å². The minimum atomic E-state index is -0.00437. The van der Waals surface area contributed by atoms with Crippen molar-refractivity contribution in [2.45, 2.75) is 6.42 Å². The van der Waals surface area contributed by atoms with E-state index in [0.717, 1.165) is 38.5 Å². The minimum absolute atomic E-state index is 0.00437. The Bertz CT molecular complexity index is 586. The molecule has 0 unspecified atom stereocenters. The van der Waals surface area contributed by atoms with Gasteiger partial charge in [0.2, 0.25) is 0 Å². The highest BCUT2D eigenvalue weighted by Crippen LogP contribution is 2.15. The van der Waals surface area contributed by atoms with Crippen LogP contribution in [-0.4, -0.2) is 61.9 Å². The van der Waals surface area contributed by atoms with Crippen LogP contribution in [0.3, 0.4) is 0 Å². The zero-order valence-electron chi connectivity index (χ0n) is 13.1. The monoisotopic (exact) mass is 315 g/mol. The lowest BCUT2D eigenvalue weighted by Crippen LogP contribution is -2.52. The zero-order chi connectivity index (χ0) is 16.1. The molecule has 2 aliphatic rings. The summed E-state index contributed by atoms with van der Waals surface area (Å²) < 4.78 is 5.32. The van der Waals surface area contributed by atoms with Crippen LogP contribution in [0.5, 0.6) is 0 Å². The van der Waals surface area contributed by atoms with E-state index in [1.54, 1.807) is 18.3 Å². The van der Waals surface area contributed by atoms with Crippen molar-refractivity contribution in [2.75, 3.05) is 50.8 Å². The van der Waals surface area contributed by atoms with Gasteiger partial charge in [-0.15, -0.1) is 0 Å². The third-order valence-corrected chi connectivity index (χ3v) is 4.33. The highest BCUT2D eigenvalue weighted by Gasteiger charge is 2.23. The zero-order valence-corrected chi connectivity index (χ0v) is 13.1. The summed E-state index contributed by atoms with van der Waals surface area (Å²) in [6.45, 7) is 4.99. The molecule has 0 saturated carbocycles. The lowest BCUT2D eigenvalue weighted by atomic mass is 10.1. The third kappa shape index (κ3) is 3.90. The van der Waals surface area contributed by atoms with E-state index < -0.39 is 0 Å². The quantitative estimate of drug-likeness (QED) is 0.893. The van der Waals surface area contributed by atoms with Crippen LogP contribution in [0, 0.1) is 17.2 Å². The first-order chi connectivity index (χ1) is 11.3. The molecule has 122 valence electrons. The average molecular weight is 315 g/mol. The summed E-state index contributed by atoms with van der Waals surface area (Å²) in [7, 11) is 0. The van der Waals surface area contributed by atoms with E-state index in [0.29, 0.717) is 31.1 Å². The van der Waals surface area contributed by atoms with E-state index in [1.165, 1.54) is 0 Å². The largest absolute Gasteiger partial charge is 0.381 e. The Morgan fingerprint density at radius 3 is 2.96 bits per heavy atom. The first kappa shape index (κ1) is 15.6. The maximum atomic E-state index is 12.2. The molecular formula is C16H21N5O2. The van der Waals surface area contributed by atoms with Crippen molar-refractivity contribution in [3.05, 3.63) is 23.9 Å². The maximum Gasteiger partial charge on any atom is 0.317 e. The Morgan fingerprint density at radius 1 is 1.43 bits per heavy atom. The number of anilines is 1. The number of carbonyl (C=O) groups excluding carboxylic acids is 1. The fourth-order valence-electron chi connectivity index (χ4n) is 2.89. The predicted octanol–water partition coefficient (Wildman–Crippen LogP) is 0.821. The Balaban J connectivity index is 1.47. The molecule has 1 N–H and O–H groups in total. The molecule has 7 nitrogen and oxygen atoms in total. The Labute approximate surface area is 135 Å². The molecule has 3 heterocycles. The van der Waals surface area contributed by atoms with E-state index >= 15 is 0 Å². The van der Waals surface area contributed by atoms with E-state index in [1.807, 2.05) is 4.90 Å². The van der Waals surface area contributed by atoms with Gasteiger partial charge in [0.25, 0.3) is 0 Å². The Kier molecular flexibility index (Phi) is 4.93. The van der Waals surface area contributed by atoms with Gasteiger partial charge in [-0.3, -0.25) is 0 Å². The lowest BCUT2D eigenvalue weighted by molar-refractivity contribution is 0.179. The molecule has 0 aromatic carbocycles. The summed E-state index contributed by atoms with van der Waals surface area (Å²) >= 11 is 0. The van der Waals surface area contributed by atoms with Crippen molar-refractivity contribution in [3.63, 3.8) is 0 Å². The number of nitrogens with zero attached hydrogens (tertiary/aromatic N) is 4. The number of pyridine rings is 1. The van der Waals surface area contributed by atoms with Crippen LogP contribution in [0.25, 0.3) is 0 Å². The highest BCUT2D eigenvalue weighted by molar-refractivity contribution is 5.74. The molecule has 7 heteroatoms. The van der Waals surface area contributed by atoms with Crippen LogP contribution in [-0.2, 0) is 4.74 Å². The maximum absolute atomic E-state index is 12.2. The van der Waals surface area contributed by atoms with E-state index in [2.05, 4.69) is 21.3 Å². The number of piperazine rings is 1. The number of nitrogens with one attached hydrogen (secondary N) is 1. The van der Waals surface area contributed by atoms with Crippen LogP contribution in [0.15, 0.2) is 18.3 Å². The van der Waals surface area contributed by atoms with Crippen molar-refractivity contribution in [3.8, 4) is 6.07 Å². The SMILES string of the molecule is N#Cc1ccnc(N2CCN(C(=O)NC[C@H]3CCOC3)CC2)c1. The van der Waals surface area contributed by atoms with Crippen LogP contribution < -0.4 is 10.2 Å². The van der Waals surface area contributed by atoms with E-state index in [-0.39, 0.29) is 6.03 Å². The number of nitriles is 1. The Morgan fingerprint density at radius 2 is 2.26 bits per heavy atom. The molecule has 1 aromatic rings. The average Bonchev–Trinajstić information content (AvgIpc) is 3.13. The standard InChI is InChI=1S/C16H21N5O2/c17-10-13-1-3-18-15(9-13)20-4-6-21(7-5-20)16(22)19-11-14-2-8-23-12-14/h1,3,9,14H,2,4-8,11-12H2,(H,19,22)/t14-/m1/s1. The van der Waals surface area contributed by atoms with Gasteiger partial charge in [-0.1, -0.05) is 0 Å². The summed E-state index contributed by atoms with van der Waals surface area (Å²) in [4.78, 5) is 20.4. The fraction of sp³-hybridized carbons (Fsp3) is 0.562. The van der Waals surface area contributed by atoms with Gasteiger partial charge in [-0.25, -0.2) is 9.78 Å². The number of amides is 2. The molecule has 0 spiro atoms. The first-order valence-electron chi connectivity index (χ1n) is 7.98. The van der Waals surface area contributed by atoms with Crippen molar-refractivity contribution in [2.24, 2.45) is 5.92 Å². The molecule has 3 rings (SSSR count). The number of hydrogen-bond donors (Lipinski definition) is 1. The number of rotatable bonds is 3. The number of carbonyl (C=O) groups is 1.